The normalized spacial score (nSPS) is 11.3. The van der Waals surface area contributed by atoms with E-state index in [1.165, 1.54) is 0 Å². The van der Waals surface area contributed by atoms with Crippen molar-refractivity contribution in [2.75, 3.05) is 5.73 Å². The van der Waals surface area contributed by atoms with Gasteiger partial charge in [-0.15, -0.1) is 0 Å². The van der Waals surface area contributed by atoms with E-state index in [4.69, 9.17) is 16.6 Å². The van der Waals surface area contributed by atoms with E-state index in [2.05, 4.69) is 0 Å². The van der Waals surface area contributed by atoms with E-state index in [0.717, 1.165) is 0 Å². The summed E-state index contributed by atoms with van der Waals surface area (Å²) in [6, 6.07) is 5.31. The van der Waals surface area contributed by atoms with Crippen molar-refractivity contribution in [2.45, 2.75) is 12.5 Å². The summed E-state index contributed by atoms with van der Waals surface area (Å²) in [5.41, 5.74) is 11.5. The van der Waals surface area contributed by atoms with Crippen molar-refractivity contribution in [3.05, 3.63) is 29.8 Å². The Bertz CT molecular complexity index is 393. The number of hydrogen-bond donors (Lipinski definition) is 4. The zero-order valence-corrected chi connectivity index (χ0v) is 8.72. The fraction of sp³-hybridized carbons (Fsp3) is 0.200. The van der Waals surface area contributed by atoms with Gasteiger partial charge in [0.25, 0.3) is 0 Å². The number of carbonyl (C=O) groups excluding carboxylic acids is 1. The van der Waals surface area contributed by atoms with Gasteiger partial charge in [-0.1, -0.05) is 12.1 Å². The van der Waals surface area contributed by atoms with Gasteiger partial charge in [-0.25, -0.2) is 0 Å². The first kappa shape index (κ1) is 14.1. The number of hydrogen-bond acceptors (Lipinski definition) is 5. The fourth-order valence-electron chi connectivity index (χ4n) is 1.15. The van der Waals surface area contributed by atoms with E-state index < -0.39 is 12.0 Å². The zero-order chi connectivity index (χ0) is 11.4. The maximum absolute atomic E-state index is 11.6. The summed E-state index contributed by atoms with van der Waals surface area (Å²) in [7, 11) is 0. The van der Waals surface area contributed by atoms with E-state index in [1.807, 2.05) is 0 Å². The Morgan fingerprint density at radius 1 is 1.31 bits per heavy atom. The summed E-state index contributed by atoms with van der Waals surface area (Å²) < 4.78 is 0. The Balaban J connectivity index is 0.00000225. The van der Waals surface area contributed by atoms with Crippen molar-refractivity contribution < 1.29 is 14.7 Å². The minimum Gasteiger partial charge on any atom is -0.480 e. The molecule has 1 aromatic carbocycles. The van der Waals surface area contributed by atoms with E-state index >= 15 is 0 Å². The summed E-state index contributed by atoms with van der Waals surface area (Å²) in [6.45, 7) is 0. The Hall–Kier alpha value is -1.92. The smallest absolute Gasteiger partial charge is 0.320 e. The molecule has 0 spiro atoms. The first-order valence-corrected chi connectivity index (χ1v) is 4.38. The summed E-state index contributed by atoms with van der Waals surface area (Å²) in [4.78, 5) is 22.0. The number of anilines is 1. The number of rotatable bonds is 4. The maximum Gasteiger partial charge on any atom is 0.320 e. The lowest BCUT2D eigenvalue weighted by Gasteiger charge is -2.07. The number of nitrogen functional groups attached to an aromatic ring is 1. The third kappa shape index (κ3) is 3.34. The second-order valence-electron chi connectivity index (χ2n) is 3.16. The molecule has 6 nitrogen and oxygen atoms in total. The predicted molar refractivity (Wildman–Crippen MR) is 60.4 cm³/mol. The highest BCUT2D eigenvalue weighted by Gasteiger charge is 2.18. The lowest BCUT2D eigenvalue weighted by molar-refractivity contribution is -0.138. The van der Waals surface area contributed by atoms with Gasteiger partial charge < -0.3 is 22.7 Å². The highest BCUT2D eigenvalue weighted by Crippen LogP contribution is 2.13. The molecule has 1 aromatic rings. The second-order valence-corrected chi connectivity index (χ2v) is 3.16. The van der Waals surface area contributed by atoms with Crippen LogP contribution in [0.3, 0.4) is 0 Å². The van der Waals surface area contributed by atoms with Gasteiger partial charge in [0.2, 0.25) is 0 Å². The predicted octanol–water partition coefficient (Wildman–Crippen LogP) is 0.415. The first-order valence-electron chi connectivity index (χ1n) is 4.38. The first-order chi connectivity index (χ1) is 7.02. The molecule has 0 saturated heterocycles. The van der Waals surface area contributed by atoms with Crippen LogP contribution in [0.15, 0.2) is 24.3 Å². The Kier molecular flexibility index (Phi) is 5.14. The molecule has 0 aromatic heterocycles. The number of benzene rings is 1. The number of ketones is 1. The van der Waals surface area contributed by atoms with Crippen LogP contribution >= 0.6 is 0 Å². The third-order valence-corrected chi connectivity index (χ3v) is 1.98. The largest absolute Gasteiger partial charge is 0.480 e. The molecule has 0 aliphatic rings. The lowest BCUT2D eigenvalue weighted by Crippen LogP contribution is -2.32. The minimum absolute atomic E-state index is 0. The molecule has 8 N–H and O–H groups in total. The van der Waals surface area contributed by atoms with E-state index in [9.17, 15) is 9.59 Å². The van der Waals surface area contributed by atoms with Gasteiger partial charge in [0.1, 0.15) is 6.04 Å². The van der Waals surface area contributed by atoms with Gasteiger partial charge in [0, 0.05) is 17.7 Å². The molecule has 0 fully saturated rings. The fourth-order valence-corrected chi connectivity index (χ4v) is 1.15. The van der Waals surface area contributed by atoms with Gasteiger partial charge in [0.05, 0.1) is 0 Å². The van der Waals surface area contributed by atoms with Crippen LogP contribution < -0.4 is 17.6 Å². The molecule has 0 heterocycles. The molecule has 0 saturated carbocycles. The van der Waals surface area contributed by atoms with Gasteiger partial charge in [-0.3, -0.25) is 9.59 Å². The number of carboxylic acids is 1. The molecule has 0 aliphatic heterocycles. The van der Waals surface area contributed by atoms with Gasteiger partial charge >= 0.3 is 5.97 Å². The van der Waals surface area contributed by atoms with Crippen LogP contribution in [0.1, 0.15) is 16.8 Å². The van der Waals surface area contributed by atoms with Crippen molar-refractivity contribution in [2.24, 2.45) is 5.73 Å². The number of nitrogens with two attached hydrogens (primary N) is 2. The Labute approximate surface area is 92.8 Å². The molecular formula is C10H15N3O3. The van der Waals surface area contributed by atoms with Crippen LogP contribution in [0.25, 0.3) is 0 Å². The van der Waals surface area contributed by atoms with Crippen molar-refractivity contribution in [3.8, 4) is 0 Å². The van der Waals surface area contributed by atoms with Crippen LogP contribution in [0.2, 0.25) is 0 Å². The Morgan fingerprint density at radius 2 is 1.88 bits per heavy atom. The summed E-state index contributed by atoms with van der Waals surface area (Å²) in [5, 5.41) is 8.54. The van der Waals surface area contributed by atoms with Crippen LogP contribution in [0, 0.1) is 0 Å². The quantitative estimate of drug-likeness (QED) is 0.432. The average Bonchev–Trinajstić information content (AvgIpc) is 2.18. The van der Waals surface area contributed by atoms with Crippen LogP contribution in [0.5, 0.6) is 0 Å². The lowest BCUT2D eigenvalue weighted by atomic mass is 10.0. The number of para-hydroxylation sites is 1. The van der Waals surface area contributed by atoms with E-state index in [1.54, 1.807) is 24.3 Å². The molecule has 88 valence electrons. The molecule has 1 atom stereocenters. The van der Waals surface area contributed by atoms with Crippen molar-refractivity contribution in [1.29, 1.82) is 0 Å². The molecule has 16 heavy (non-hydrogen) atoms. The third-order valence-electron chi connectivity index (χ3n) is 1.98. The zero-order valence-electron chi connectivity index (χ0n) is 8.72. The van der Waals surface area contributed by atoms with Crippen LogP contribution in [-0.2, 0) is 4.79 Å². The SMILES string of the molecule is N.Nc1ccccc1C(=O)CC(N)C(=O)O. The topological polar surface area (TPSA) is 141 Å². The monoisotopic (exact) mass is 225 g/mol. The standard InChI is InChI=1S/C10H12N2O3.H3N/c11-7-4-2-1-3-6(7)9(13)5-8(12)10(14)15;/h1-4,8H,5,11-12H2,(H,14,15);1H3. The average molecular weight is 225 g/mol. The maximum atomic E-state index is 11.6. The molecule has 0 aliphatic carbocycles. The molecule has 1 unspecified atom stereocenters. The highest BCUT2D eigenvalue weighted by molar-refractivity contribution is 6.02. The summed E-state index contributed by atoms with van der Waals surface area (Å²) >= 11 is 0. The number of aliphatic carboxylic acids is 1. The molecular weight excluding hydrogens is 210 g/mol. The van der Waals surface area contributed by atoms with Crippen molar-refractivity contribution >= 4 is 17.4 Å². The molecule has 0 amide bonds. The number of carboxylic acid groups (broad SMARTS) is 1. The molecule has 1 rings (SSSR count). The minimum atomic E-state index is -1.20. The van der Waals surface area contributed by atoms with Crippen molar-refractivity contribution in [3.63, 3.8) is 0 Å². The van der Waals surface area contributed by atoms with Gasteiger partial charge in [-0.05, 0) is 12.1 Å². The van der Waals surface area contributed by atoms with Gasteiger partial charge in [-0.2, -0.15) is 0 Å². The summed E-state index contributed by atoms with van der Waals surface area (Å²) in [6.07, 6.45) is -0.246. The molecule has 6 heteroatoms. The second kappa shape index (κ2) is 5.84. The Morgan fingerprint density at radius 3 is 2.38 bits per heavy atom. The number of carbonyl (C=O) groups is 2. The van der Waals surface area contributed by atoms with Crippen molar-refractivity contribution in [1.82, 2.24) is 6.15 Å². The molecule has 0 bridgehead atoms. The van der Waals surface area contributed by atoms with E-state index in [-0.39, 0.29) is 18.4 Å². The molecule has 0 radical (unpaired) electrons. The van der Waals surface area contributed by atoms with Gasteiger partial charge in [0.15, 0.2) is 5.78 Å². The highest BCUT2D eigenvalue weighted by atomic mass is 16.4. The van der Waals surface area contributed by atoms with Crippen LogP contribution in [0.4, 0.5) is 5.69 Å². The van der Waals surface area contributed by atoms with E-state index in [0.29, 0.717) is 11.3 Å². The summed E-state index contributed by atoms with van der Waals surface area (Å²) in [5.74, 6) is -1.55. The van der Waals surface area contributed by atoms with Crippen LogP contribution in [-0.4, -0.2) is 22.9 Å². The number of Topliss-reactive ketones (excluding diaryl/α,β-unsaturated/α-hetero) is 1.